The monoisotopic (exact) mass is 514 g/mol. The predicted molar refractivity (Wildman–Crippen MR) is 130 cm³/mol. The van der Waals surface area contributed by atoms with Crippen molar-refractivity contribution in [3.8, 4) is 5.75 Å². The van der Waals surface area contributed by atoms with Crippen LogP contribution in [0.3, 0.4) is 0 Å². The summed E-state index contributed by atoms with van der Waals surface area (Å²) in [5, 5.41) is 3.22. The lowest BCUT2D eigenvalue weighted by Gasteiger charge is -2.31. The molecule has 0 spiro atoms. The fraction of sp³-hybridized carbons (Fsp3) is 0.200. The molecule has 0 radical (unpaired) electrons. The van der Waals surface area contributed by atoms with Gasteiger partial charge in [0.1, 0.15) is 11.8 Å². The van der Waals surface area contributed by atoms with Gasteiger partial charge < -0.3 is 15.0 Å². The fourth-order valence-electron chi connectivity index (χ4n) is 3.34. The lowest BCUT2D eigenvalue weighted by molar-refractivity contribution is -0.142. The summed E-state index contributed by atoms with van der Waals surface area (Å²) in [6.45, 7) is 0.0543. The molecule has 0 saturated heterocycles. The van der Waals surface area contributed by atoms with Gasteiger partial charge in [0, 0.05) is 29.5 Å². The van der Waals surface area contributed by atoms with Gasteiger partial charge in [-0.25, -0.2) is 0 Å². The van der Waals surface area contributed by atoms with E-state index in [9.17, 15) is 9.59 Å². The summed E-state index contributed by atoms with van der Waals surface area (Å²) in [6, 6.07) is 23.5. The number of hydrogen-bond donors (Lipinski definition) is 1. The number of carbonyl (C=O) groups excluding carboxylic acids is 2. The molecule has 0 unspecified atom stereocenters. The first-order valence-corrected chi connectivity index (χ1v) is 11.3. The highest BCUT2D eigenvalue weighted by Crippen LogP contribution is 2.20. The van der Waals surface area contributed by atoms with Crippen LogP contribution in [0.2, 0.25) is 5.02 Å². The normalized spacial score (nSPS) is 11.5. The number of rotatable bonds is 9. The second-order valence-corrected chi connectivity index (χ2v) is 8.57. The van der Waals surface area contributed by atoms with Crippen molar-refractivity contribution in [3.05, 3.63) is 99.5 Å². The highest BCUT2D eigenvalue weighted by atomic mass is 79.9. The highest BCUT2D eigenvalue weighted by Gasteiger charge is 2.30. The van der Waals surface area contributed by atoms with Gasteiger partial charge in [-0.2, -0.15) is 0 Å². The van der Waals surface area contributed by atoms with E-state index in [1.807, 2.05) is 54.6 Å². The maximum Gasteiger partial charge on any atom is 0.261 e. The van der Waals surface area contributed by atoms with Crippen molar-refractivity contribution in [3.63, 3.8) is 0 Å². The molecule has 0 aliphatic carbocycles. The van der Waals surface area contributed by atoms with E-state index in [4.69, 9.17) is 16.3 Å². The first kappa shape index (κ1) is 23.8. The number of hydrogen-bond acceptors (Lipinski definition) is 3. The summed E-state index contributed by atoms with van der Waals surface area (Å²) in [5.41, 5.74) is 1.86. The van der Waals surface area contributed by atoms with Crippen LogP contribution in [-0.2, 0) is 22.6 Å². The average Bonchev–Trinajstić information content (AvgIpc) is 2.80. The molecule has 1 N–H and O–H groups in total. The molecule has 5 nitrogen and oxygen atoms in total. The van der Waals surface area contributed by atoms with Gasteiger partial charge in [-0.1, -0.05) is 76.1 Å². The molecule has 0 saturated carbocycles. The van der Waals surface area contributed by atoms with Crippen molar-refractivity contribution in [1.29, 1.82) is 0 Å². The van der Waals surface area contributed by atoms with Crippen LogP contribution in [0.4, 0.5) is 0 Å². The number of benzene rings is 3. The van der Waals surface area contributed by atoms with E-state index in [-0.39, 0.29) is 25.0 Å². The molecule has 3 aromatic carbocycles. The molecular weight excluding hydrogens is 492 g/mol. The van der Waals surface area contributed by atoms with Crippen LogP contribution in [0.25, 0.3) is 0 Å². The number of nitrogens with zero attached hydrogens (tertiary/aromatic N) is 1. The Morgan fingerprint density at radius 2 is 1.72 bits per heavy atom. The molecule has 3 rings (SSSR count). The van der Waals surface area contributed by atoms with Crippen molar-refractivity contribution in [2.75, 3.05) is 13.7 Å². The van der Waals surface area contributed by atoms with Crippen molar-refractivity contribution in [2.45, 2.75) is 19.0 Å². The van der Waals surface area contributed by atoms with E-state index in [0.29, 0.717) is 17.2 Å². The number of nitrogens with one attached hydrogen (secondary N) is 1. The van der Waals surface area contributed by atoms with Crippen LogP contribution in [0.5, 0.6) is 5.75 Å². The standard InChI is InChI=1S/C25H24BrClN2O3/c1-28-25(31)23(14-18-7-3-2-4-8-18)29(16-19-9-5-10-20(26)13-19)24(30)17-32-22-12-6-11-21(27)15-22/h2-13,15,23H,14,16-17H2,1H3,(H,28,31)/t23-/m1/s1. The number of likely N-dealkylation sites (N-methyl/N-ethyl adjacent to an activating group) is 1. The minimum atomic E-state index is -0.697. The van der Waals surface area contributed by atoms with Crippen molar-refractivity contribution < 1.29 is 14.3 Å². The molecule has 0 aliphatic rings. The Bertz CT molecular complexity index is 1060. The molecule has 0 heterocycles. The van der Waals surface area contributed by atoms with E-state index in [1.54, 1.807) is 36.2 Å². The van der Waals surface area contributed by atoms with E-state index < -0.39 is 6.04 Å². The lowest BCUT2D eigenvalue weighted by Crippen LogP contribution is -2.51. The summed E-state index contributed by atoms with van der Waals surface area (Å²) in [4.78, 5) is 27.8. The Labute approximate surface area is 201 Å². The minimum Gasteiger partial charge on any atom is -0.484 e. The van der Waals surface area contributed by atoms with E-state index in [1.165, 1.54) is 0 Å². The predicted octanol–water partition coefficient (Wildman–Crippen LogP) is 4.87. The van der Waals surface area contributed by atoms with Gasteiger partial charge in [0.25, 0.3) is 5.91 Å². The van der Waals surface area contributed by atoms with Gasteiger partial charge in [0.15, 0.2) is 6.61 Å². The molecule has 32 heavy (non-hydrogen) atoms. The molecule has 3 aromatic rings. The van der Waals surface area contributed by atoms with Crippen molar-refractivity contribution in [1.82, 2.24) is 10.2 Å². The number of halogens is 2. The maximum atomic E-state index is 13.3. The molecule has 0 aromatic heterocycles. The Hall–Kier alpha value is -2.83. The van der Waals surface area contributed by atoms with Crippen LogP contribution < -0.4 is 10.1 Å². The third kappa shape index (κ3) is 6.84. The third-order valence-electron chi connectivity index (χ3n) is 4.92. The first-order chi connectivity index (χ1) is 15.5. The lowest BCUT2D eigenvalue weighted by atomic mass is 10.0. The zero-order valence-electron chi connectivity index (χ0n) is 17.6. The summed E-state index contributed by atoms with van der Waals surface area (Å²) in [5.74, 6) is -0.0396. The zero-order chi connectivity index (χ0) is 22.9. The zero-order valence-corrected chi connectivity index (χ0v) is 20.0. The number of carbonyl (C=O) groups is 2. The minimum absolute atomic E-state index is 0.212. The van der Waals surface area contributed by atoms with Crippen molar-refractivity contribution in [2.24, 2.45) is 0 Å². The Morgan fingerprint density at radius 3 is 2.41 bits per heavy atom. The van der Waals surface area contributed by atoms with Gasteiger partial charge in [-0.3, -0.25) is 9.59 Å². The fourth-order valence-corrected chi connectivity index (χ4v) is 3.96. The summed E-state index contributed by atoms with van der Waals surface area (Å²) >= 11 is 9.48. The van der Waals surface area contributed by atoms with Crippen LogP contribution >= 0.6 is 27.5 Å². The smallest absolute Gasteiger partial charge is 0.261 e. The Morgan fingerprint density at radius 1 is 1.00 bits per heavy atom. The van der Waals surface area contributed by atoms with Crippen LogP contribution in [-0.4, -0.2) is 36.4 Å². The third-order valence-corrected chi connectivity index (χ3v) is 5.65. The second kappa shape index (κ2) is 11.7. The molecule has 1 atom stereocenters. The highest BCUT2D eigenvalue weighted by molar-refractivity contribution is 9.10. The quantitative estimate of drug-likeness (QED) is 0.442. The Balaban J connectivity index is 1.87. The first-order valence-electron chi connectivity index (χ1n) is 10.1. The van der Waals surface area contributed by atoms with Gasteiger partial charge in [-0.05, 0) is 41.5 Å². The van der Waals surface area contributed by atoms with Crippen LogP contribution in [0.15, 0.2) is 83.3 Å². The number of amides is 2. The molecule has 0 fully saturated rings. The molecule has 7 heteroatoms. The maximum absolute atomic E-state index is 13.3. The van der Waals surface area contributed by atoms with E-state index >= 15 is 0 Å². The van der Waals surface area contributed by atoms with Gasteiger partial charge >= 0.3 is 0 Å². The van der Waals surface area contributed by atoms with Gasteiger partial charge in [-0.15, -0.1) is 0 Å². The van der Waals surface area contributed by atoms with Crippen molar-refractivity contribution >= 4 is 39.3 Å². The summed E-state index contributed by atoms with van der Waals surface area (Å²) < 4.78 is 6.59. The topological polar surface area (TPSA) is 58.6 Å². The largest absolute Gasteiger partial charge is 0.484 e. The molecule has 166 valence electrons. The molecule has 0 bridgehead atoms. The van der Waals surface area contributed by atoms with Gasteiger partial charge in [0.05, 0.1) is 0 Å². The number of ether oxygens (including phenoxy) is 1. The molecular formula is C25H24BrClN2O3. The SMILES string of the molecule is CNC(=O)[C@@H](Cc1ccccc1)N(Cc1cccc(Br)c1)C(=O)COc1cccc(Cl)c1. The molecule has 0 aliphatic heterocycles. The Kier molecular flexibility index (Phi) is 8.71. The second-order valence-electron chi connectivity index (χ2n) is 7.22. The van der Waals surface area contributed by atoms with Gasteiger partial charge in [0.2, 0.25) is 5.91 Å². The summed E-state index contributed by atoms with van der Waals surface area (Å²) in [7, 11) is 1.57. The summed E-state index contributed by atoms with van der Waals surface area (Å²) in [6.07, 6.45) is 0.386. The van der Waals surface area contributed by atoms with Crippen LogP contribution in [0.1, 0.15) is 11.1 Å². The molecule has 2 amide bonds. The van der Waals surface area contributed by atoms with E-state index in [2.05, 4.69) is 21.2 Å². The average molecular weight is 516 g/mol. The van der Waals surface area contributed by atoms with Crippen LogP contribution in [0, 0.1) is 0 Å². The van der Waals surface area contributed by atoms with E-state index in [0.717, 1.165) is 15.6 Å².